The number of nitrogens with two attached hydrogens (primary N) is 1. The number of methoxy groups -OCH3 is 1. The molecule has 1 heterocycles. The molecule has 1 aromatic heterocycles. The molecule has 0 fully saturated rings. The quantitative estimate of drug-likeness (QED) is 0.886. The Morgan fingerprint density at radius 2 is 2.09 bits per heavy atom. The van der Waals surface area contributed by atoms with Crippen LogP contribution in [0, 0.1) is 6.92 Å². The number of pyridine rings is 1. The number of rotatable bonds is 5. The van der Waals surface area contributed by atoms with Crippen LogP contribution in [0.5, 0.6) is 17.4 Å². The second kappa shape index (κ2) is 6.91. The second-order valence-electron chi connectivity index (χ2n) is 4.90. The molecule has 2 rings (SSSR count). The van der Waals surface area contributed by atoms with Crippen molar-refractivity contribution < 1.29 is 14.3 Å². The number of amides is 1. The van der Waals surface area contributed by atoms with Crippen LogP contribution in [0.3, 0.4) is 0 Å². The van der Waals surface area contributed by atoms with E-state index in [1.165, 1.54) is 6.20 Å². The fraction of sp³-hybridized carbons (Fsp3) is 0.250. The summed E-state index contributed by atoms with van der Waals surface area (Å²) in [6, 6.07) is 8.34. The Morgan fingerprint density at radius 1 is 1.32 bits per heavy atom. The third-order valence-corrected chi connectivity index (χ3v) is 3.02. The molecule has 1 atom stereocenters. The van der Waals surface area contributed by atoms with Gasteiger partial charge in [-0.1, -0.05) is 6.07 Å². The Morgan fingerprint density at radius 3 is 2.68 bits per heavy atom. The van der Waals surface area contributed by atoms with E-state index in [1.54, 1.807) is 32.2 Å². The highest BCUT2D eigenvalue weighted by atomic mass is 16.5. The summed E-state index contributed by atoms with van der Waals surface area (Å²) in [5.41, 5.74) is 7.08. The van der Waals surface area contributed by atoms with Crippen LogP contribution in [-0.2, 0) is 4.79 Å². The van der Waals surface area contributed by atoms with E-state index in [0.717, 1.165) is 11.3 Å². The number of hydrogen-bond donors (Lipinski definition) is 2. The summed E-state index contributed by atoms with van der Waals surface area (Å²) < 4.78 is 10.9. The van der Waals surface area contributed by atoms with Crippen molar-refractivity contribution in [2.75, 3.05) is 12.4 Å². The zero-order valence-electron chi connectivity index (χ0n) is 12.8. The Balaban J connectivity index is 2.06. The summed E-state index contributed by atoms with van der Waals surface area (Å²) in [4.78, 5) is 15.6. The van der Waals surface area contributed by atoms with Gasteiger partial charge in [0.25, 0.3) is 0 Å². The Bertz CT molecular complexity index is 654. The van der Waals surface area contributed by atoms with Gasteiger partial charge in [0.05, 0.1) is 25.0 Å². The molecule has 0 saturated carbocycles. The van der Waals surface area contributed by atoms with Crippen LogP contribution in [0.15, 0.2) is 36.5 Å². The first-order valence-electron chi connectivity index (χ1n) is 6.84. The van der Waals surface area contributed by atoms with Crippen molar-refractivity contribution >= 4 is 11.6 Å². The van der Waals surface area contributed by atoms with E-state index in [4.69, 9.17) is 15.2 Å². The zero-order chi connectivity index (χ0) is 16.1. The first-order valence-corrected chi connectivity index (χ1v) is 6.84. The highest BCUT2D eigenvalue weighted by Gasteiger charge is 2.08. The van der Waals surface area contributed by atoms with Gasteiger partial charge in [-0.2, -0.15) is 0 Å². The zero-order valence-corrected chi connectivity index (χ0v) is 12.8. The normalized spacial score (nSPS) is 11.6. The topological polar surface area (TPSA) is 86.5 Å². The first kappa shape index (κ1) is 15.8. The van der Waals surface area contributed by atoms with E-state index in [2.05, 4.69) is 10.3 Å². The van der Waals surface area contributed by atoms with E-state index in [9.17, 15) is 4.79 Å². The predicted octanol–water partition coefficient (Wildman–Crippen LogP) is 2.48. The van der Waals surface area contributed by atoms with Crippen LogP contribution >= 0.6 is 0 Å². The van der Waals surface area contributed by atoms with E-state index in [-0.39, 0.29) is 5.91 Å². The van der Waals surface area contributed by atoms with Crippen LogP contribution in [0.2, 0.25) is 0 Å². The second-order valence-corrected chi connectivity index (χ2v) is 4.90. The van der Waals surface area contributed by atoms with Crippen molar-refractivity contribution in [3.8, 4) is 17.4 Å². The monoisotopic (exact) mass is 301 g/mol. The van der Waals surface area contributed by atoms with Crippen LogP contribution in [0.1, 0.15) is 12.5 Å². The lowest BCUT2D eigenvalue weighted by Gasteiger charge is -2.10. The van der Waals surface area contributed by atoms with Gasteiger partial charge < -0.3 is 20.5 Å². The maximum atomic E-state index is 11.5. The molecule has 0 unspecified atom stereocenters. The third kappa shape index (κ3) is 3.95. The number of carbonyl (C=O) groups is 1. The van der Waals surface area contributed by atoms with Gasteiger partial charge in [-0.25, -0.2) is 4.98 Å². The molecule has 1 aromatic carbocycles. The number of benzene rings is 1. The average molecular weight is 301 g/mol. The Hall–Kier alpha value is -2.60. The van der Waals surface area contributed by atoms with E-state index in [0.29, 0.717) is 17.3 Å². The SMILES string of the molecule is COc1cc(Oc2ccc(NC(=O)[C@@H](C)N)cn2)ccc1C. The van der Waals surface area contributed by atoms with E-state index >= 15 is 0 Å². The molecular weight excluding hydrogens is 282 g/mol. The average Bonchev–Trinajstić information content (AvgIpc) is 2.51. The molecule has 0 bridgehead atoms. The van der Waals surface area contributed by atoms with Gasteiger partial charge in [0, 0.05) is 12.1 Å². The number of nitrogens with one attached hydrogen (secondary N) is 1. The van der Waals surface area contributed by atoms with E-state index in [1.807, 2.05) is 19.1 Å². The summed E-state index contributed by atoms with van der Waals surface area (Å²) in [7, 11) is 1.61. The van der Waals surface area contributed by atoms with Crippen LogP contribution in [-0.4, -0.2) is 24.0 Å². The maximum Gasteiger partial charge on any atom is 0.241 e. The number of hydrogen-bond acceptors (Lipinski definition) is 5. The number of anilines is 1. The lowest BCUT2D eigenvalue weighted by atomic mass is 10.2. The molecular formula is C16H19N3O3. The fourth-order valence-electron chi connectivity index (χ4n) is 1.76. The van der Waals surface area contributed by atoms with Gasteiger partial charge in [0.1, 0.15) is 11.5 Å². The molecule has 6 nitrogen and oxygen atoms in total. The molecule has 0 aliphatic carbocycles. The summed E-state index contributed by atoms with van der Waals surface area (Å²) >= 11 is 0. The predicted molar refractivity (Wildman–Crippen MR) is 84.3 cm³/mol. The molecule has 3 N–H and O–H groups in total. The summed E-state index contributed by atoms with van der Waals surface area (Å²) in [5.74, 6) is 1.53. The highest BCUT2D eigenvalue weighted by molar-refractivity contribution is 5.94. The summed E-state index contributed by atoms with van der Waals surface area (Å²) in [6.07, 6.45) is 1.51. The van der Waals surface area contributed by atoms with Gasteiger partial charge >= 0.3 is 0 Å². The van der Waals surface area contributed by atoms with Crippen molar-refractivity contribution in [3.05, 3.63) is 42.1 Å². The largest absolute Gasteiger partial charge is 0.496 e. The number of nitrogens with zero attached hydrogens (tertiary/aromatic N) is 1. The highest BCUT2D eigenvalue weighted by Crippen LogP contribution is 2.27. The lowest BCUT2D eigenvalue weighted by molar-refractivity contribution is -0.117. The summed E-state index contributed by atoms with van der Waals surface area (Å²) in [5, 5.41) is 2.66. The van der Waals surface area contributed by atoms with Gasteiger partial charge in [-0.3, -0.25) is 4.79 Å². The lowest BCUT2D eigenvalue weighted by Crippen LogP contribution is -2.32. The molecule has 0 spiro atoms. The molecule has 0 saturated heterocycles. The van der Waals surface area contributed by atoms with Gasteiger partial charge in [0.15, 0.2) is 0 Å². The number of ether oxygens (including phenoxy) is 2. The standard InChI is InChI=1S/C16H19N3O3/c1-10-4-6-13(8-14(10)21-3)22-15-7-5-12(9-18-15)19-16(20)11(2)17/h4-9,11H,17H2,1-3H3,(H,19,20)/t11-/m1/s1. The maximum absolute atomic E-state index is 11.5. The minimum atomic E-state index is -0.573. The van der Waals surface area contributed by atoms with Gasteiger partial charge in [-0.15, -0.1) is 0 Å². The molecule has 0 aliphatic rings. The number of aromatic nitrogens is 1. The molecule has 116 valence electrons. The molecule has 6 heteroatoms. The Labute approximate surface area is 129 Å². The van der Waals surface area contributed by atoms with E-state index < -0.39 is 6.04 Å². The van der Waals surface area contributed by atoms with Crippen molar-refractivity contribution in [1.82, 2.24) is 4.98 Å². The molecule has 2 aromatic rings. The fourth-order valence-corrected chi connectivity index (χ4v) is 1.76. The molecule has 22 heavy (non-hydrogen) atoms. The first-order chi connectivity index (χ1) is 10.5. The Kier molecular flexibility index (Phi) is 4.95. The summed E-state index contributed by atoms with van der Waals surface area (Å²) in [6.45, 7) is 3.57. The minimum absolute atomic E-state index is 0.265. The molecule has 0 aliphatic heterocycles. The van der Waals surface area contributed by atoms with Crippen molar-refractivity contribution in [1.29, 1.82) is 0 Å². The smallest absolute Gasteiger partial charge is 0.241 e. The van der Waals surface area contributed by atoms with Crippen LogP contribution in [0.4, 0.5) is 5.69 Å². The minimum Gasteiger partial charge on any atom is -0.496 e. The van der Waals surface area contributed by atoms with Crippen molar-refractivity contribution in [2.45, 2.75) is 19.9 Å². The van der Waals surface area contributed by atoms with Crippen LogP contribution in [0.25, 0.3) is 0 Å². The van der Waals surface area contributed by atoms with Crippen molar-refractivity contribution in [3.63, 3.8) is 0 Å². The van der Waals surface area contributed by atoms with Crippen LogP contribution < -0.4 is 20.5 Å². The van der Waals surface area contributed by atoms with Gasteiger partial charge in [0.2, 0.25) is 11.8 Å². The number of carbonyl (C=O) groups excluding carboxylic acids is 1. The van der Waals surface area contributed by atoms with Gasteiger partial charge in [-0.05, 0) is 31.5 Å². The number of aryl methyl sites for hydroxylation is 1. The molecule has 0 radical (unpaired) electrons. The molecule has 1 amide bonds. The van der Waals surface area contributed by atoms with Crippen molar-refractivity contribution in [2.24, 2.45) is 5.73 Å². The third-order valence-electron chi connectivity index (χ3n) is 3.02.